The zero-order chi connectivity index (χ0) is 23.3. The number of aromatic nitrogens is 4. The molecule has 0 spiro atoms. The van der Waals surface area contributed by atoms with Crippen molar-refractivity contribution in [1.29, 1.82) is 0 Å². The fraction of sp³-hybridized carbons (Fsp3) is 0.350. The second kappa shape index (κ2) is 10.1. The first kappa shape index (κ1) is 22.9. The molecule has 13 heteroatoms. The van der Waals surface area contributed by atoms with Gasteiger partial charge in [0, 0.05) is 19.9 Å². The van der Waals surface area contributed by atoms with Crippen molar-refractivity contribution in [2.45, 2.75) is 24.7 Å². The minimum atomic E-state index is -2.97. The maximum Gasteiger partial charge on any atom is 0.387 e. The Morgan fingerprint density at radius 3 is 2.76 bits per heavy atom. The molecule has 1 amide bonds. The van der Waals surface area contributed by atoms with E-state index < -0.39 is 24.2 Å². The summed E-state index contributed by atoms with van der Waals surface area (Å²) < 4.78 is 34.7. The molecular formula is C20H21F2N7O3S. The first-order chi connectivity index (χ1) is 16.0. The van der Waals surface area contributed by atoms with Gasteiger partial charge in [0.15, 0.2) is 6.10 Å². The summed E-state index contributed by atoms with van der Waals surface area (Å²) in [5.41, 5.74) is 0.644. The minimum Gasteiger partial charge on any atom is -0.435 e. The minimum absolute atomic E-state index is 0.0702. The van der Waals surface area contributed by atoms with Gasteiger partial charge in [0.05, 0.1) is 11.2 Å². The summed E-state index contributed by atoms with van der Waals surface area (Å²) in [5, 5.41) is 26.5. The fourth-order valence-electron chi connectivity index (χ4n) is 3.59. The van der Waals surface area contributed by atoms with E-state index in [2.05, 4.69) is 41.1 Å². The van der Waals surface area contributed by atoms with Crippen LogP contribution in [0.15, 0.2) is 42.6 Å². The Morgan fingerprint density at radius 2 is 2.06 bits per heavy atom. The predicted molar refractivity (Wildman–Crippen MR) is 116 cm³/mol. The molecule has 0 aliphatic carbocycles. The van der Waals surface area contributed by atoms with Crippen molar-refractivity contribution in [3.63, 3.8) is 0 Å². The normalized spacial score (nSPS) is 18.8. The van der Waals surface area contributed by atoms with Crippen LogP contribution in [-0.4, -0.2) is 53.1 Å². The maximum absolute atomic E-state index is 12.8. The number of anilines is 2. The molecule has 0 saturated carbocycles. The highest BCUT2D eigenvalue weighted by Gasteiger charge is 2.38. The number of carbonyl (C=O) groups is 1. The van der Waals surface area contributed by atoms with Gasteiger partial charge >= 0.3 is 6.61 Å². The first-order valence-electron chi connectivity index (χ1n) is 9.98. The molecular weight excluding hydrogens is 456 g/mol. The highest BCUT2D eigenvalue weighted by molar-refractivity contribution is 7.19. The van der Waals surface area contributed by atoms with Crippen LogP contribution in [0.2, 0.25) is 0 Å². The molecule has 1 unspecified atom stereocenters. The monoisotopic (exact) mass is 477 g/mol. The smallest absolute Gasteiger partial charge is 0.387 e. The Labute approximate surface area is 191 Å². The zero-order valence-corrected chi connectivity index (χ0v) is 18.3. The van der Waals surface area contributed by atoms with E-state index in [9.17, 15) is 13.6 Å². The quantitative estimate of drug-likeness (QED) is 0.427. The Balaban J connectivity index is 1.46. The topological polar surface area (TPSA) is 123 Å². The largest absolute Gasteiger partial charge is 0.435 e. The van der Waals surface area contributed by atoms with Gasteiger partial charge in [0.1, 0.15) is 5.75 Å². The van der Waals surface area contributed by atoms with Crippen molar-refractivity contribution >= 4 is 27.5 Å². The van der Waals surface area contributed by atoms with Crippen LogP contribution in [-0.2, 0) is 15.1 Å². The van der Waals surface area contributed by atoms with E-state index >= 15 is 0 Å². The number of alkyl halides is 2. The van der Waals surface area contributed by atoms with Crippen molar-refractivity contribution in [3.8, 4) is 5.75 Å². The maximum atomic E-state index is 12.8. The summed E-state index contributed by atoms with van der Waals surface area (Å²) >= 11 is 1.16. The summed E-state index contributed by atoms with van der Waals surface area (Å²) in [4.78, 5) is 12.8. The standard InChI is InChI=1S/C20H21F2N7O3S/c1-31-15(12-4-2-5-13(10-12)32-17(21)22)16(30)25-18-28-29-19(33-18)26-20(7-9-23-11-20)14-6-3-8-24-27-14/h2-6,8,10,15,17,23H,7,9,11H2,1H3,(H,26,29)(H,25,28,30)/t15-,20?/m0/s1. The van der Waals surface area contributed by atoms with Crippen molar-refractivity contribution in [2.75, 3.05) is 30.8 Å². The molecule has 1 aromatic carbocycles. The fourth-order valence-corrected chi connectivity index (χ4v) is 4.33. The van der Waals surface area contributed by atoms with Gasteiger partial charge in [0.2, 0.25) is 10.3 Å². The summed E-state index contributed by atoms with van der Waals surface area (Å²) in [6.45, 7) is -1.53. The number of benzene rings is 1. The van der Waals surface area contributed by atoms with Gasteiger partial charge in [0.25, 0.3) is 5.91 Å². The van der Waals surface area contributed by atoms with Crippen LogP contribution in [0.1, 0.15) is 23.8 Å². The van der Waals surface area contributed by atoms with Gasteiger partial charge in [-0.2, -0.15) is 19.0 Å². The number of methoxy groups -OCH3 is 1. The van der Waals surface area contributed by atoms with Crippen LogP contribution >= 0.6 is 11.3 Å². The molecule has 4 rings (SSSR count). The van der Waals surface area contributed by atoms with Gasteiger partial charge in [-0.15, -0.1) is 10.2 Å². The molecule has 2 aromatic heterocycles. The molecule has 3 heterocycles. The van der Waals surface area contributed by atoms with Crippen LogP contribution in [0.25, 0.3) is 0 Å². The average Bonchev–Trinajstić information content (AvgIpc) is 3.45. The Kier molecular flexibility index (Phi) is 7.01. The summed E-state index contributed by atoms with van der Waals surface area (Å²) in [5.74, 6) is -0.597. The number of rotatable bonds is 9. The SMILES string of the molecule is CO[C@H](C(=O)Nc1nnc(NC2(c3cccnn3)CCNC2)s1)c1cccc(OC(F)F)c1. The molecule has 1 saturated heterocycles. The molecule has 33 heavy (non-hydrogen) atoms. The molecule has 174 valence electrons. The number of carbonyl (C=O) groups excluding carboxylic acids is 1. The Bertz CT molecular complexity index is 1080. The number of halogens is 2. The van der Waals surface area contributed by atoms with Gasteiger partial charge in [-0.05, 0) is 42.8 Å². The molecule has 1 aliphatic rings. The molecule has 10 nitrogen and oxygen atoms in total. The molecule has 1 aliphatic heterocycles. The van der Waals surface area contributed by atoms with Crippen LogP contribution in [0, 0.1) is 0 Å². The molecule has 2 atom stereocenters. The number of hydrogen-bond acceptors (Lipinski definition) is 10. The van der Waals surface area contributed by atoms with E-state index in [4.69, 9.17) is 4.74 Å². The van der Waals surface area contributed by atoms with Gasteiger partial charge < -0.3 is 20.1 Å². The summed E-state index contributed by atoms with van der Waals surface area (Å²) in [7, 11) is 1.34. The van der Waals surface area contributed by atoms with Gasteiger partial charge in [-0.25, -0.2) is 0 Å². The first-order valence-corrected chi connectivity index (χ1v) is 10.8. The van der Waals surface area contributed by atoms with Crippen LogP contribution in [0.4, 0.5) is 19.0 Å². The summed E-state index contributed by atoms with van der Waals surface area (Å²) in [6.07, 6.45) is 1.33. The van der Waals surface area contributed by atoms with Gasteiger partial charge in [-0.3, -0.25) is 10.1 Å². The van der Waals surface area contributed by atoms with Crippen molar-refractivity contribution < 1.29 is 23.0 Å². The Hall–Kier alpha value is -3.29. The highest BCUT2D eigenvalue weighted by atomic mass is 32.1. The lowest BCUT2D eigenvalue weighted by Gasteiger charge is -2.27. The third-order valence-corrected chi connectivity index (χ3v) is 5.83. The lowest BCUT2D eigenvalue weighted by Crippen LogP contribution is -2.38. The molecule has 3 aromatic rings. The number of ether oxygens (including phenoxy) is 2. The van der Waals surface area contributed by atoms with Crippen LogP contribution in [0.5, 0.6) is 5.75 Å². The Morgan fingerprint density at radius 1 is 1.21 bits per heavy atom. The van der Waals surface area contributed by atoms with Crippen molar-refractivity contribution in [2.24, 2.45) is 0 Å². The third kappa shape index (κ3) is 5.38. The second-order valence-corrected chi connectivity index (χ2v) is 8.19. The van der Waals surface area contributed by atoms with E-state index in [1.54, 1.807) is 12.3 Å². The molecule has 3 N–H and O–H groups in total. The van der Waals surface area contributed by atoms with Crippen LogP contribution in [0.3, 0.4) is 0 Å². The van der Waals surface area contributed by atoms with E-state index in [0.717, 1.165) is 30.0 Å². The lowest BCUT2D eigenvalue weighted by atomic mass is 9.94. The van der Waals surface area contributed by atoms with E-state index in [1.165, 1.54) is 25.3 Å². The zero-order valence-electron chi connectivity index (χ0n) is 17.5. The van der Waals surface area contributed by atoms with Crippen molar-refractivity contribution in [3.05, 3.63) is 53.9 Å². The number of nitrogens with zero attached hydrogens (tertiary/aromatic N) is 4. The number of nitrogens with one attached hydrogen (secondary N) is 3. The predicted octanol–water partition coefficient (Wildman–Crippen LogP) is 2.56. The second-order valence-electron chi connectivity index (χ2n) is 7.21. The van der Waals surface area contributed by atoms with E-state index in [0.29, 0.717) is 17.2 Å². The van der Waals surface area contributed by atoms with Gasteiger partial charge in [-0.1, -0.05) is 23.5 Å². The average molecular weight is 477 g/mol. The number of hydrogen-bond donors (Lipinski definition) is 3. The summed E-state index contributed by atoms with van der Waals surface area (Å²) in [6, 6.07) is 9.49. The lowest BCUT2D eigenvalue weighted by molar-refractivity contribution is -0.126. The molecule has 0 bridgehead atoms. The van der Waals surface area contributed by atoms with E-state index in [1.807, 2.05) is 12.1 Å². The van der Waals surface area contributed by atoms with E-state index in [-0.39, 0.29) is 10.9 Å². The van der Waals surface area contributed by atoms with Crippen molar-refractivity contribution in [1.82, 2.24) is 25.7 Å². The van der Waals surface area contributed by atoms with Crippen LogP contribution < -0.4 is 20.7 Å². The molecule has 0 radical (unpaired) electrons. The number of amides is 1. The third-order valence-electron chi connectivity index (χ3n) is 5.08. The molecule has 1 fully saturated rings. The highest BCUT2D eigenvalue weighted by Crippen LogP contribution is 2.33.